The molecule has 0 aromatic heterocycles. The Bertz CT molecular complexity index is 1090. The molecule has 0 unspecified atom stereocenters. The van der Waals surface area contributed by atoms with E-state index in [2.05, 4.69) is 0 Å². The molecule has 1 aliphatic heterocycles. The van der Waals surface area contributed by atoms with Gasteiger partial charge in [0.2, 0.25) is 0 Å². The van der Waals surface area contributed by atoms with Gasteiger partial charge in [-0.15, -0.1) is 0 Å². The highest BCUT2D eigenvalue weighted by Gasteiger charge is 2.40. The van der Waals surface area contributed by atoms with Crippen LogP contribution in [0.4, 0.5) is 0 Å². The molecule has 27 heavy (non-hydrogen) atoms. The molecule has 0 spiro atoms. The van der Waals surface area contributed by atoms with Gasteiger partial charge in [0.05, 0.1) is 5.56 Å². The van der Waals surface area contributed by atoms with Crippen molar-refractivity contribution in [3.05, 3.63) is 82.4 Å². The standard InChI is InChI=1S/C21H14ClNO4/c22-14-10-13-7-4-8-15-18(13)16(11-14)20(25)23(19(15)24)17(21(26)27)9-12-5-2-1-3-6-12/h1-8,10-11,17H,9H2,(H,26,27)/t17-/m1/s1. The molecule has 1 aliphatic rings. The van der Waals surface area contributed by atoms with Crippen molar-refractivity contribution in [1.82, 2.24) is 4.90 Å². The van der Waals surface area contributed by atoms with Crippen LogP contribution in [0.2, 0.25) is 5.02 Å². The van der Waals surface area contributed by atoms with Crippen molar-refractivity contribution in [3.8, 4) is 0 Å². The van der Waals surface area contributed by atoms with Gasteiger partial charge in [0.1, 0.15) is 6.04 Å². The third kappa shape index (κ3) is 2.86. The first-order valence-electron chi connectivity index (χ1n) is 8.34. The predicted molar refractivity (Wildman–Crippen MR) is 101 cm³/mol. The third-order valence-electron chi connectivity index (χ3n) is 4.71. The van der Waals surface area contributed by atoms with Crippen LogP contribution in [0.25, 0.3) is 10.8 Å². The second-order valence-corrected chi connectivity index (χ2v) is 6.82. The van der Waals surface area contributed by atoms with E-state index < -0.39 is 23.8 Å². The van der Waals surface area contributed by atoms with E-state index in [1.54, 1.807) is 48.5 Å². The number of amides is 2. The number of halogens is 1. The molecule has 3 aromatic carbocycles. The Balaban J connectivity index is 1.85. The molecule has 0 bridgehead atoms. The van der Waals surface area contributed by atoms with Crippen molar-refractivity contribution in [1.29, 1.82) is 0 Å². The monoisotopic (exact) mass is 379 g/mol. The van der Waals surface area contributed by atoms with E-state index in [1.165, 1.54) is 6.07 Å². The van der Waals surface area contributed by atoms with Crippen LogP contribution in [-0.4, -0.2) is 33.8 Å². The van der Waals surface area contributed by atoms with E-state index in [1.807, 2.05) is 6.07 Å². The largest absolute Gasteiger partial charge is 0.480 e. The van der Waals surface area contributed by atoms with E-state index in [9.17, 15) is 19.5 Å². The van der Waals surface area contributed by atoms with Crippen molar-refractivity contribution < 1.29 is 19.5 Å². The molecule has 0 saturated carbocycles. The van der Waals surface area contributed by atoms with Crippen molar-refractivity contribution in [2.45, 2.75) is 12.5 Å². The maximum Gasteiger partial charge on any atom is 0.327 e. The topological polar surface area (TPSA) is 74.7 Å². The van der Waals surface area contributed by atoms with Crippen LogP contribution in [0.3, 0.4) is 0 Å². The number of carbonyl (C=O) groups excluding carboxylic acids is 2. The van der Waals surface area contributed by atoms with E-state index in [-0.39, 0.29) is 12.0 Å². The Morgan fingerprint density at radius 2 is 1.67 bits per heavy atom. The lowest BCUT2D eigenvalue weighted by atomic mass is 9.92. The number of hydrogen-bond acceptors (Lipinski definition) is 3. The lowest BCUT2D eigenvalue weighted by Crippen LogP contribution is -2.51. The highest BCUT2D eigenvalue weighted by molar-refractivity contribution is 6.34. The minimum absolute atomic E-state index is 0.0273. The zero-order valence-electron chi connectivity index (χ0n) is 14.1. The number of carboxylic acid groups (broad SMARTS) is 1. The molecule has 1 N–H and O–H groups in total. The number of nitrogens with zero attached hydrogens (tertiary/aromatic N) is 1. The highest BCUT2D eigenvalue weighted by Crippen LogP contribution is 2.34. The maximum absolute atomic E-state index is 13.1. The summed E-state index contributed by atoms with van der Waals surface area (Å²) < 4.78 is 0. The van der Waals surface area contributed by atoms with Gasteiger partial charge in [-0.3, -0.25) is 14.5 Å². The van der Waals surface area contributed by atoms with Gasteiger partial charge in [-0.05, 0) is 29.1 Å². The number of benzene rings is 3. The summed E-state index contributed by atoms with van der Waals surface area (Å²) in [5, 5.41) is 11.3. The molecule has 0 saturated heterocycles. The summed E-state index contributed by atoms with van der Waals surface area (Å²) in [5.41, 5.74) is 1.27. The van der Waals surface area contributed by atoms with Gasteiger partial charge in [-0.25, -0.2) is 4.79 Å². The number of hydrogen-bond donors (Lipinski definition) is 1. The Labute approximate surface area is 159 Å². The molecule has 3 aromatic rings. The normalized spacial score (nSPS) is 14.5. The van der Waals surface area contributed by atoms with Crippen LogP contribution in [0.1, 0.15) is 26.3 Å². The second kappa shape index (κ2) is 6.52. The zero-order chi connectivity index (χ0) is 19.1. The molecule has 134 valence electrons. The molecule has 0 radical (unpaired) electrons. The Hall–Kier alpha value is -3.18. The lowest BCUT2D eigenvalue weighted by molar-refractivity contribution is -0.141. The van der Waals surface area contributed by atoms with Gasteiger partial charge < -0.3 is 5.11 Å². The fraction of sp³-hybridized carbons (Fsp3) is 0.0952. The van der Waals surface area contributed by atoms with Crippen LogP contribution < -0.4 is 0 Å². The Morgan fingerprint density at radius 3 is 2.37 bits per heavy atom. The van der Waals surface area contributed by atoms with E-state index in [4.69, 9.17) is 11.6 Å². The van der Waals surface area contributed by atoms with Gasteiger partial charge in [-0.1, -0.05) is 54.1 Å². The summed E-state index contributed by atoms with van der Waals surface area (Å²) in [6.45, 7) is 0. The number of imide groups is 1. The first kappa shape index (κ1) is 17.2. The van der Waals surface area contributed by atoms with Gasteiger partial charge in [0.15, 0.2) is 0 Å². The minimum Gasteiger partial charge on any atom is -0.480 e. The first-order valence-corrected chi connectivity index (χ1v) is 8.72. The Kier molecular flexibility index (Phi) is 4.16. The summed E-state index contributed by atoms with van der Waals surface area (Å²) in [6, 6.07) is 15.8. The van der Waals surface area contributed by atoms with Gasteiger partial charge >= 0.3 is 5.97 Å². The van der Waals surface area contributed by atoms with Crippen LogP contribution in [0.15, 0.2) is 60.7 Å². The third-order valence-corrected chi connectivity index (χ3v) is 4.93. The van der Waals surface area contributed by atoms with Crippen LogP contribution in [0, 0.1) is 0 Å². The molecule has 2 amide bonds. The van der Waals surface area contributed by atoms with Crippen LogP contribution >= 0.6 is 11.6 Å². The van der Waals surface area contributed by atoms with Gasteiger partial charge in [0.25, 0.3) is 11.8 Å². The summed E-state index contributed by atoms with van der Waals surface area (Å²) in [6.07, 6.45) is 0.0273. The molecule has 6 heteroatoms. The van der Waals surface area contributed by atoms with E-state index in [0.29, 0.717) is 21.4 Å². The average molecular weight is 380 g/mol. The summed E-state index contributed by atoms with van der Waals surface area (Å²) in [5.74, 6) is -2.49. The fourth-order valence-corrected chi connectivity index (χ4v) is 3.73. The maximum atomic E-state index is 13.1. The quantitative estimate of drug-likeness (QED) is 0.700. The van der Waals surface area contributed by atoms with Gasteiger partial charge in [-0.2, -0.15) is 0 Å². The molecule has 1 heterocycles. The SMILES string of the molecule is O=C(O)[C@@H](Cc1ccccc1)N1C(=O)c2cccc3cc(Cl)cc(c23)C1=O. The van der Waals surface area contributed by atoms with Crippen molar-refractivity contribution in [2.75, 3.05) is 0 Å². The van der Waals surface area contributed by atoms with Crippen LogP contribution in [-0.2, 0) is 11.2 Å². The first-order chi connectivity index (χ1) is 13.0. The molecule has 4 rings (SSSR count). The molecular formula is C21H14ClNO4. The summed E-state index contributed by atoms with van der Waals surface area (Å²) >= 11 is 6.13. The zero-order valence-corrected chi connectivity index (χ0v) is 14.8. The Morgan fingerprint density at radius 1 is 0.963 bits per heavy atom. The van der Waals surface area contributed by atoms with Crippen LogP contribution in [0.5, 0.6) is 0 Å². The second-order valence-electron chi connectivity index (χ2n) is 6.38. The number of carboxylic acids is 1. The molecule has 5 nitrogen and oxygen atoms in total. The molecular weight excluding hydrogens is 366 g/mol. The number of aliphatic carboxylic acids is 1. The number of carbonyl (C=O) groups is 3. The van der Waals surface area contributed by atoms with E-state index >= 15 is 0 Å². The average Bonchev–Trinajstić information content (AvgIpc) is 2.65. The van der Waals surface area contributed by atoms with Gasteiger partial charge in [0, 0.05) is 22.4 Å². The lowest BCUT2D eigenvalue weighted by Gasteiger charge is -2.31. The predicted octanol–water partition coefficient (Wildman–Crippen LogP) is 3.79. The highest BCUT2D eigenvalue weighted by atomic mass is 35.5. The summed E-state index contributed by atoms with van der Waals surface area (Å²) in [7, 11) is 0. The fourth-order valence-electron chi connectivity index (χ4n) is 3.50. The van der Waals surface area contributed by atoms with Crippen molar-refractivity contribution in [2.24, 2.45) is 0 Å². The summed E-state index contributed by atoms with van der Waals surface area (Å²) in [4.78, 5) is 38.9. The van der Waals surface area contributed by atoms with Crippen molar-refractivity contribution >= 4 is 40.2 Å². The van der Waals surface area contributed by atoms with E-state index in [0.717, 1.165) is 10.5 Å². The molecule has 1 atom stereocenters. The molecule has 0 aliphatic carbocycles. The molecule has 0 fully saturated rings. The number of rotatable bonds is 4. The smallest absolute Gasteiger partial charge is 0.327 e. The van der Waals surface area contributed by atoms with Crippen molar-refractivity contribution in [3.63, 3.8) is 0 Å². The minimum atomic E-state index is -1.31.